The number of carbonyl (C=O) groups is 1. The summed E-state index contributed by atoms with van der Waals surface area (Å²) < 4.78 is 35.0. The van der Waals surface area contributed by atoms with Crippen molar-refractivity contribution in [2.45, 2.75) is 32.4 Å². The molecule has 32 heavy (non-hydrogen) atoms. The third-order valence-corrected chi connectivity index (χ3v) is 5.42. The Morgan fingerprint density at radius 3 is 2.47 bits per heavy atom. The largest absolute Gasteiger partial charge is 0.435 e. The zero-order valence-electron chi connectivity index (χ0n) is 18.3. The summed E-state index contributed by atoms with van der Waals surface area (Å²) in [6.45, 7) is 2.17. The normalized spacial score (nSPS) is 18.9. The molecule has 3 rings (SSSR count). The van der Waals surface area contributed by atoms with E-state index in [4.69, 9.17) is 10.5 Å². The predicted octanol–water partition coefficient (Wildman–Crippen LogP) is 4.15. The highest BCUT2D eigenvalue weighted by Gasteiger charge is 2.49. The van der Waals surface area contributed by atoms with Gasteiger partial charge in [0.25, 0.3) is 5.91 Å². The highest BCUT2D eigenvalue weighted by Crippen LogP contribution is 2.40. The molecule has 0 aromatic heterocycles. The first kappa shape index (κ1) is 23.4. The number of alkyl halides is 2. The van der Waals surface area contributed by atoms with Crippen molar-refractivity contribution in [2.75, 3.05) is 20.3 Å². The number of halogens is 2. The second-order valence-electron chi connectivity index (χ2n) is 7.27. The highest BCUT2D eigenvalue weighted by atomic mass is 19.3. The first-order valence-corrected chi connectivity index (χ1v) is 10.4. The summed E-state index contributed by atoms with van der Waals surface area (Å²) in [7, 11) is 1.56. The highest BCUT2D eigenvalue weighted by molar-refractivity contribution is 6.09. The Kier molecular flexibility index (Phi) is 7.25. The Bertz CT molecular complexity index is 1020. The molecule has 2 aromatic rings. The van der Waals surface area contributed by atoms with E-state index in [2.05, 4.69) is 9.73 Å². The van der Waals surface area contributed by atoms with Crippen LogP contribution in [0.25, 0.3) is 5.57 Å². The van der Waals surface area contributed by atoms with Crippen LogP contribution in [-0.2, 0) is 15.1 Å². The van der Waals surface area contributed by atoms with E-state index in [9.17, 15) is 13.6 Å². The number of nitrogens with zero attached hydrogens (tertiary/aromatic N) is 2. The van der Waals surface area contributed by atoms with Crippen LogP contribution in [0.3, 0.4) is 0 Å². The second-order valence-corrected chi connectivity index (χ2v) is 7.27. The van der Waals surface area contributed by atoms with Gasteiger partial charge in [0.05, 0.1) is 6.61 Å². The van der Waals surface area contributed by atoms with Gasteiger partial charge in [-0.1, -0.05) is 43.3 Å². The number of aliphatic imine (C=N–C) groups is 1. The van der Waals surface area contributed by atoms with Crippen molar-refractivity contribution in [1.29, 1.82) is 0 Å². The molecule has 0 radical (unpaired) electrons. The topological polar surface area (TPSA) is 77.2 Å². The number of likely N-dealkylation sites (N-methyl/N-ethyl adjacent to an activating group) is 1. The fourth-order valence-corrected chi connectivity index (χ4v) is 3.75. The van der Waals surface area contributed by atoms with Crippen molar-refractivity contribution in [1.82, 2.24) is 4.90 Å². The molecule has 1 unspecified atom stereocenters. The van der Waals surface area contributed by atoms with Gasteiger partial charge in [-0.05, 0) is 53.8 Å². The van der Waals surface area contributed by atoms with Gasteiger partial charge in [-0.15, -0.1) is 0 Å². The monoisotopic (exact) mass is 443 g/mol. The number of hydrogen-bond acceptors (Lipinski definition) is 5. The number of hydrogen-bond donors (Lipinski definition) is 1. The molecule has 0 saturated carbocycles. The van der Waals surface area contributed by atoms with E-state index in [0.29, 0.717) is 24.3 Å². The average molecular weight is 443 g/mol. The molecule has 0 fully saturated rings. The van der Waals surface area contributed by atoms with Crippen LogP contribution in [0.2, 0.25) is 0 Å². The number of guanidine groups is 1. The number of carbonyl (C=O) groups excluding carboxylic acids is 1. The average Bonchev–Trinajstić information content (AvgIpc) is 3.02. The Labute approximate surface area is 186 Å². The molecule has 8 heteroatoms. The van der Waals surface area contributed by atoms with Crippen molar-refractivity contribution in [3.8, 4) is 5.75 Å². The van der Waals surface area contributed by atoms with Crippen LogP contribution in [0.5, 0.6) is 5.75 Å². The summed E-state index contributed by atoms with van der Waals surface area (Å²) in [6.07, 6.45) is 2.80. The van der Waals surface area contributed by atoms with Gasteiger partial charge in [-0.2, -0.15) is 8.78 Å². The van der Waals surface area contributed by atoms with E-state index < -0.39 is 12.2 Å². The zero-order chi connectivity index (χ0) is 23.3. The zero-order valence-corrected chi connectivity index (χ0v) is 18.3. The number of benzene rings is 2. The van der Waals surface area contributed by atoms with E-state index in [1.807, 2.05) is 44.2 Å². The fraction of sp³-hybridized carbons (Fsp3) is 0.333. The standard InChI is InChI=1S/C24H27F2N3O3/c1-4-16(13-14-31-5-2)17-7-6-8-19(15-17)24(21(30)29(3)23(27)28-24)18-9-11-20(12-10-18)32-22(25)26/h6-13,15,22H,4-5,14H2,1-3H3,(H2,27,28)/b16-13-. The van der Waals surface area contributed by atoms with Crippen LogP contribution in [-0.4, -0.2) is 43.6 Å². The van der Waals surface area contributed by atoms with Gasteiger partial charge in [-0.25, -0.2) is 4.99 Å². The van der Waals surface area contributed by atoms with E-state index in [0.717, 1.165) is 17.6 Å². The number of ether oxygens (including phenoxy) is 2. The minimum atomic E-state index is -2.93. The molecule has 170 valence electrons. The lowest BCUT2D eigenvalue weighted by molar-refractivity contribution is -0.129. The van der Waals surface area contributed by atoms with Gasteiger partial charge in [0.15, 0.2) is 11.5 Å². The molecular formula is C24H27F2N3O3. The molecule has 6 nitrogen and oxygen atoms in total. The van der Waals surface area contributed by atoms with Crippen LogP contribution in [0.1, 0.15) is 37.0 Å². The summed E-state index contributed by atoms with van der Waals surface area (Å²) in [5.41, 5.74) is 7.76. The van der Waals surface area contributed by atoms with Crippen LogP contribution in [0.4, 0.5) is 8.78 Å². The summed E-state index contributed by atoms with van der Waals surface area (Å²) >= 11 is 0. The molecule has 0 spiro atoms. The molecular weight excluding hydrogens is 416 g/mol. The Morgan fingerprint density at radius 1 is 1.19 bits per heavy atom. The molecule has 0 aliphatic carbocycles. The van der Waals surface area contributed by atoms with Gasteiger partial charge in [0.1, 0.15) is 5.75 Å². The van der Waals surface area contributed by atoms with Crippen molar-refractivity contribution in [2.24, 2.45) is 10.7 Å². The smallest absolute Gasteiger partial charge is 0.387 e. The molecule has 1 amide bonds. The molecule has 0 saturated heterocycles. The Morgan fingerprint density at radius 2 is 1.91 bits per heavy atom. The lowest BCUT2D eigenvalue weighted by atomic mass is 9.81. The molecule has 1 heterocycles. The van der Waals surface area contributed by atoms with Crippen LogP contribution in [0.15, 0.2) is 59.6 Å². The molecule has 2 N–H and O–H groups in total. The Hall–Kier alpha value is -3.26. The van der Waals surface area contributed by atoms with Crippen molar-refractivity contribution < 1.29 is 23.0 Å². The first-order valence-electron chi connectivity index (χ1n) is 10.4. The maximum atomic E-state index is 13.4. The number of amides is 1. The van der Waals surface area contributed by atoms with E-state index in [1.165, 1.54) is 17.0 Å². The maximum absolute atomic E-state index is 13.4. The third kappa shape index (κ3) is 4.50. The minimum absolute atomic E-state index is 0.00414. The maximum Gasteiger partial charge on any atom is 0.387 e. The van der Waals surface area contributed by atoms with Crippen LogP contribution >= 0.6 is 0 Å². The van der Waals surface area contributed by atoms with Crippen LogP contribution in [0, 0.1) is 0 Å². The minimum Gasteiger partial charge on any atom is -0.435 e. The molecule has 1 aliphatic rings. The fourth-order valence-electron chi connectivity index (χ4n) is 3.75. The van der Waals surface area contributed by atoms with Crippen molar-refractivity contribution in [3.63, 3.8) is 0 Å². The number of rotatable bonds is 9. The Balaban J connectivity index is 2.11. The van der Waals surface area contributed by atoms with Gasteiger partial charge >= 0.3 is 6.61 Å². The molecule has 1 atom stereocenters. The van der Waals surface area contributed by atoms with Crippen LogP contribution < -0.4 is 10.5 Å². The van der Waals surface area contributed by atoms with E-state index in [-0.39, 0.29) is 17.6 Å². The molecule has 1 aliphatic heterocycles. The van der Waals surface area contributed by atoms with Gasteiger partial charge in [0, 0.05) is 13.7 Å². The lowest BCUT2D eigenvalue weighted by Gasteiger charge is -2.27. The summed E-state index contributed by atoms with van der Waals surface area (Å²) in [5.74, 6) is -0.252. The second kappa shape index (κ2) is 9.91. The predicted molar refractivity (Wildman–Crippen MR) is 119 cm³/mol. The molecule has 0 bridgehead atoms. The van der Waals surface area contributed by atoms with E-state index >= 15 is 0 Å². The summed E-state index contributed by atoms with van der Waals surface area (Å²) in [4.78, 5) is 19.3. The lowest BCUT2D eigenvalue weighted by Crippen LogP contribution is -2.41. The SMILES string of the molecule is CCOC/C=C(/CC)c1cccc(C2(c3ccc(OC(F)F)cc3)N=C(N)N(C)C2=O)c1. The quantitative estimate of drug-likeness (QED) is 0.591. The summed E-state index contributed by atoms with van der Waals surface area (Å²) in [6, 6.07) is 13.5. The van der Waals surface area contributed by atoms with Gasteiger partial charge < -0.3 is 15.2 Å². The van der Waals surface area contributed by atoms with Gasteiger partial charge in [-0.3, -0.25) is 9.69 Å². The summed E-state index contributed by atoms with van der Waals surface area (Å²) in [5, 5.41) is 0. The van der Waals surface area contributed by atoms with Crippen molar-refractivity contribution >= 4 is 17.4 Å². The number of nitrogens with two attached hydrogens (primary N) is 1. The first-order chi connectivity index (χ1) is 15.3. The van der Waals surface area contributed by atoms with Crippen molar-refractivity contribution in [3.05, 3.63) is 71.3 Å². The van der Waals surface area contributed by atoms with Gasteiger partial charge in [0.2, 0.25) is 0 Å². The number of allylic oxidation sites excluding steroid dienone is 1. The molecule has 2 aromatic carbocycles. The third-order valence-electron chi connectivity index (χ3n) is 5.42. The van der Waals surface area contributed by atoms with E-state index in [1.54, 1.807) is 19.2 Å².